The molecule has 2 aromatic carbocycles. The molecule has 1 fully saturated rings. The van der Waals surface area contributed by atoms with Crippen LogP contribution < -0.4 is 14.4 Å². The number of hydrogen-bond acceptors (Lipinski definition) is 4. The number of amides is 1. The van der Waals surface area contributed by atoms with Crippen LogP contribution in [-0.2, 0) is 17.6 Å². The predicted molar refractivity (Wildman–Crippen MR) is 124 cm³/mol. The number of likely N-dealkylation sites (tertiary alicyclic amines) is 1. The van der Waals surface area contributed by atoms with Crippen molar-refractivity contribution in [3.8, 4) is 11.5 Å². The summed E-state index contributed by atoms with van der Waals surface area (Å²) in [6.07, 6.45) is 5.45. The van der Waals surface area contributed by atoms with Crippen LogP contribution in [0.3, 0.4) is 0 Å². The number of nitrogens with zero attached hydrogens (tertiary/aromatic N) is 2. The highest BCUT2D eigenvalue weighted by atomic mass is 16.5. The Morgan fingerprint density at radius 3 is 2.45 bits per heavy atom. The summed E-state index contributed by atoms with van der Waals surface area (Å²) in [6, 6.07) is 12.6. The molecule has 1 heterocycles. The van der Waals surface area contributed by atoms with E-state index in [2.05, 4.69) is 30.0 Å². The Balaban J connectivity index is 1.62. The van der Waals surface area contributed by atoms with E-state index in [9.17, 15) is 4.79 Å². The fourth-order valence-electron chi connectivity index (χ4n) is 5.05. The van der Waals surface area contributed by atoms with Gasteiger partial charge in [-0.1, -0.05) is 12.1 Å². The van der Waals surface area contributed by atoms with Gasteiger partial charge in [0.25, 0.3) is 0 Å². The number of fused-ring (bicyclic) bond motifs is 1. The van der Waals surface area contributed by atoms with Crippen molar-refractivity contribution < 1.29 is 14.3 Å². The Bertz CT molecular complexity index is 921. The second kappa shape index (κ2) is 9.73. The van der Waals surface area contributed by atoms with Crippen LogP contribution in [0.5, 0.6) is 11.5 Å². The van der Waals surface area contributed by atoms with Crippen molar-refractivity contribution in [3.05, 3.63) is 53.1 Å². The van der Waals surface area contributed by atoms with Crippen molar-refractivity contribution in [2.45, 2.75) is 44.9 Å². The Morgan fingerprint density at radius 1 is 1.03 bits per heavy atom. The quantitative estimate of drug-likeness (QED) is 0.662. The van der Waals surface area contributed by atoms with Gasteiger partial charge in [-0.05, 0) is 92.9 Å². The molecule has 0 spiro atoms. The van der Waals surface area contributed by atoms with Gasteiger partial charge in [-0.15, -0.1) is 0 Å². The highest BCUT2D eigenvalue weighted by molar-refractivity contribution is 5.96. The summed E-state index contributed by atoms with van der Waals surface area (Å²) in [5.41, 5.74) is 5.01. The van der Waals surface area contributed by atoms with Crippen LogP contribution in [0.2, 0.25) is 0 Å². The largest absolute Gasteiger partial charge is 0.497 e. The van der Waals surface area contributed by atoms with Crippen LogP contribution in [0.15, 0.2) is 36.4 Å². The molecule has 31 heavy (non-hydrogen) atoms. The van der Waals surface area contributed by atoms with Crippen molar-refractivity contribution >= 4 is 11.6 Å². The number of rotatable bonds is 7. The van der Waals surface area contributed by atoms with Crippen molar-refractivity contribution in [1.29, 1.82) is 0 Å². The van der Waals surface area contributed by atoms with Crippen LogP contribution in [-0.4, -0.2) is 51.2 Å². The first-order valence-corrected chi connectivity index (χ1v) is 11.5. The monoisotopic (exact) mass is 422 g/mol. The molecule has 1 unspecified atom stereocenters. The fourth-order valence-corrected chi connectivity index (χ4v) is 5.05. The molecule has 2 aromatic rings. The molecule has 0 bridgehead atoms. The first-order chi connectivity index (χ1) is 15.1. The number of carbonyl (C=O) groups is 1. The lowest BCUT2D eigenvalue weighted by molar-refractivity contribution is -0.119. The third kappa shape index (κ3) is 4.72. The molecular weight excluding hydrogens is 388 g/mol. The molecule has 5 nitrogen and oxygen atoms in total. The number of ether oxygens (including phenoxy) is 2. The van der Waals surface area contributed by atoms with Crippen LogP contribution >= 0.6 is 0 Å². The molecule has 1 aliphatic carbocycles. The zero-order valence-electron chi connectivity index (χ0n) is 19.0. The number of aryl methyl sites for hydroxylation is 1. The van der Waals surface area contributed by atoms with Gasteiger partial charge in [0, 0.05) is 12.6 Å². The molecule has 0 saturated carbocycles. The van der Waals surface area contributed by atoms with Crippen LogP contribution in [0.4, 0.5) is 5.69 Å². The second-order valence-electron chi connectivity index (χ2n) is 8.62. The standard InChI is InChI=1S/C26H34N2O3/c1-4-28(26(29)18-27-13-5-6-14-27)25-17-23(31-3)11-12-24(25)21-8-7-20-16-22(30-2)10-9-19(20)15-21/h9-12,16-17,21H,4-8,13-15,18H2,1-3H3. The summed E-state index contributed by atoms with van der Waals surface area (Å²) in [7, 11) is 3.40. The van der Waals surface area contributed by atoms with Gasteiger partial charge in [0.05, 0.1) is 26.5 Å². The first kappa shape index (κ1) is 21.7. The maximum atomic E-state index is 13.3. The molecule has 5 heteroatoms. The summed E-state index contributed by atoms with van der Waals surface area (Å²) in [4.78, 5) is 17.5. The minimum atomic E-state index is 0.180. The average Bonchev–Trinajstić information content (AvgIpc) is 3.31. The number of hydrogen-bond donors (Lipinski definition) is 0. The van der Waals surface area contributed by atoms with Crippen molar-refractivity contribution in [1.82, 2.24) is 4.90 Å². The third-order valence-corrected chi connectivity index (χ3v) is 6.78. The van der Waals surface area contributed by atoms with E-state index in [1.807, 2.05) is 23.1 Å². The van der Waals surface area contributed by atoms with E-state index in [1.165, 1.54) is 29.5 Å². The fraction of sp³-hybridized carbons (Fsp3) is 0.500. The van der Waals surface area contributed by atoms with Crippen LogP contribution in [0.25, 0.3) is 0 Å². The van der Waals surface area contributed by atoms with Gasteiger partial charge >= 0.3 is 0 Å². The van der Waals surface area contributed by atoms with E-state index in [0.717, 1.165) is 49.5 Å². The Kier molecular flexibility index (Phi) is 6.81. The molecule has 0 radical (unpaired) electrons. The van der Waals surface area contributed by atoms with Gasteiger partial charge in [0.1, 0.15) is 11.5 Å². The highest BCUT2D eigenvalue weighted by Gasteiger charge is 2.27. The summed E-state index contributed by atoms with van der Waals surface area (Å²) < 4.78 is 10.9. The Labute approximate surface area is 185 Å². The molecule has 0 N–H and O–H groups in total. The zero-order valence-corrected chi connectivity index (χ0v) is 19.0. The number of benzene rings is 2. The molecule has 1 saturated heterocycles. The highest BCUT2D eigenvalue weighted by Crippen LogP contribution is 2.40. The van der Waals surface area contributed by atoms with Crippen molar-refractivity contribution in [2.75, 3.05) is 45.3 Å². The van der Waals surface area contributed by atoms with Gasteiger partial charge in [-0.2, -0.15) is 0 Å². The molecule has 1 aliphatic heterocycles. The topological polar surface area (TPSA) is 42.0 Å². The normalized spacial score (nSPS) is 18.5. The molecule has 1 amide bonds. The Morgan fingerprint density at radius 2 is 1.74 bits per heavy atom. The minimum absolute atomic E-state index is 0.180. The summed E-state index contributed by atoms with van der Waals surface area (Å²) in [5.74, 6) is 2.29. The number of anilines is 1. The number of likely N-dealkylation sites (N-methyl/N-ethyl adjacent to an activating group) is 1. The van der Waals surface area contributed by atoms with E-state index in [-0.39, 0.29) is 5.91 Å². The lowest BCUT2D eigenvalue weighted by Gasteiger charge is -2.31. The van der Waals surface area contributed by atoms with Gasteiger partial charge in [0.2, 0.25) is 5.91 Å². The molecule has 0 aromatic heterocycles. The zero-order chi connectivity index (χ0) is 21.8. The maximum Gasteiger partial charge on any atom is 0.241 e. The Hall–Kier alpha value is -2.53. The van der Waals surface area contributed by atoms with Gasteiger partial charge < -0.3 is 14.4 Å². The predicted octanol–water partition coefficient (Wildman–Crippen LogP) is 4.43. The molecule has 1 atom stereocenters. The molecule has 166 valence electrons. The lowest BCUT2D eigenvalue weighted by atomic mass is 9.79. The third-order valence-electron chi connectivity index (χ3n) is 6.78. The van der Waals surface area contributed by atoms with E-state index >= 15 is 0 Å². The first-order valence-electron chi connectivity index (χ1n) is 11.5. The van der Waals surface area contributed by atoms with Gasteiger partial charge in [-0.25, -0.2) is 0 Å². The number of carbonyl (C=O) groups excluding carboxylic acids is 1. The summed E-state index contributed by atoms with van der Waals surface area (Å²) in [6.45, 7) is 5.27. The second-order valence-corrected chi connectivity index (χ2v) is 8.62. The van der Waals surface area contributed by atoms with Gasteiger partial charge in [0.15, 0.2) is 0 Å². The number of methoxy groups -OCH3 is 2. The average molecular weight is 423 g/mol. The van der Waals surface area contributed by atoms with Gasteiger partial charge in [-0.3, -0.25) is 9.69 Å². The van der Waals surface area contributed by atoms with Crippen LogP contribution in [0, 0.1) is 0 Å². The smallest absolute Gasteiger partial charge is 0.241 e. The summed E-state index contributed by atoms with van der Waals surface area (Å²) in [5, 5.41) is 0. The lowest BCUT2D eigenvalue weighted by Crippen LogP contribution is -2.40. The van der Waals surface area contributed by atoms with Crippen molar-refractivity contribution in [2.24, 2.45) is 0 Å². The van der Waals surface area contributed by atoms with E-state index in [0.29, 0.717) is 19.0 Å². The molecular formula is C26H34N2O3. The molecule has 2 aliphatic rings. The summed E-state index contributed by atoms with van der Waals surface area (Å²) >= 11 is 0. The molecule has 4 rings (SSSR count). The van der Waals surface area contributed by atoms with E-state index in [1.54, 1.807) is 14.2 Å². The van der Waals surface area contributed by atoms with Crippen LogP contribution in [0.1, 0.15) is 48.8 Å². The van der Waals surface area contributed by atoms with E-state index < -0.39 is 0 Å². The minimum Gasteiger partial charge on any atom is -0.497 e. The van der Waals surface area contributed by atoms with Crippen molar-refractivity contribution in [3.63, 3.8) is 0 Å². The maximum absolute atomic E-state index is 13.3. The van der Waals surface area contributed by atoms with E-state index in [4.69, 9.17) is 9.47 Å². The SMILES string of the molecule is CCN(C(=O)CN1CCCC1)c1cc(OC)ccc1C1CCc2cc(OC)ccc2C1.